The number of alkyl halides is 3. The maximum absolute atomic E-state index is 14.1. The van der Waals surface area contributed by atoms with E-state index in [2.05, 4.69) is 27.5 Å². The second-order valence-electron chi connectivity index (χ2n) is 13.7. The maximum atomic E-state index is 14.1. The number of urea groups is 1. The number of benzene rings is 1. The molecule has 0 bridgehead atoms. The highest BCUT2D eigenvalue weighted by atomic mass is 35.5. The molecule has 5 heterocycles. The third-order valence-corrected chi connectivity index (χ3v) is 11.8. The number of nitrogens with zero attached hydrogens (tertiary/aromatic N) is 5. The summed E-state index contributed by atoms with van der Waals surface area (Å²) < 4.78 is 42.1. The highest BCUT2D eigenvalue weighted by molar-refractivity contribution is 7.14. The largest absolute Gasteiger partial charge is 0.418 e. The van der Waals surface area contributed by atoms with Crippen molar-refractivity contribution in [1.82, 2.24) is 24.5 Å². The molecule has 0 aliphatic carbocycles. The minimum Gasteiger partial charge on any atom is -0.386 e. The Morgan fingerprint density at radius 3 is 2.33 bits per heavy atom. The maximum Gasteiger partial charge on any atom is 0.418 e. The van der Waals surface area contributed by atoms with Gasteiger partial charge in [0.15, 0.2) is 0 Å². The number of halogens is 4. The first-order chi connectivity index (χ1) is 23.4. The Kier molecular flexibility index (Phi) is 11.0. The molecule has 1 aromatic heterocycles. The Balaban J connectivity index is 1.14. The average Bonchev–Trinajstić information content (AvgIpc) is 3.54. The second-order valence-corrected chi connectivity index (χ2v) is 15.0. The van der Waals surface area contributed by atoms with E-state index in [1.165, 1.54) is 24.5 Å². The lowest BCUT2D eigenvalue weighted by Crippen LogP contribution is -2.55. The van der Waals surface area contributed by atoms with Gasteiger partial charge in [-0.3, -0.25) is 19.8 Å². The van der Waals surface area contributed by atoms with Crippen LogP contribution in [0.3, 0.4) is 0 Å². The lowest BCUT2D eigenvalue weighted by Gasteiger charge is -2.43. The number of hydrogen-bond donors (Lipinski definition) is 2. The average molecular weight is 724 g/mol. The molecule has 49 heavy (non-hydrogen) atoms. The number of carbonyl (C=O) groups is 3. The Morgan fingerprint density at radius 2 is 1.67 bits per heavy atom. The fraction of sp³-hybridized carbons (Fsp3) is 0.618. The van der Waals surface area contributed by atoms with E-state index in [0.717, 1.165) is 55.7 Å². The molecular weight excluding hydrogens is 679 g/mol. The molecule has 4 amide bonds. The standard InChI is InChI=1S/C34H45ClF3N7O3S/c1-39-30-27(34(36,37)38)18-22(19-28(30)35)17-24(32(47)44-14-12-42(13-15-44)25-3-8-41(2)9-4-25)20-29(46)43-10-5-26(6-11-43)45-21-23-7-16-49-31(23)40-33(45)48/h7,16,18-19,24-26,39H,3-6,8-15,17,20-21H2,1-2H3,(H,40,48)/t24-/m0/s1. The lowest BCUT2D eigenvalue weighted by atomic mass is 9.91. The molecule has 4 aliphatic rings. The number of likely N-dealkylation sites (tertiary alicyclic amines) is 2. The van der Waals surface area contributed by atoms with E-state index < -0.39 is 17.7 Å². The topological polar surface area (TPSA) is 91.5 Å². The van der Waals surface area contributed by atoms with Crippen molar-refractivity contribution in [3.8, 4) is 0 Å². The van der Waals surface area contributed by atoms with Crippen LogP contribution < -0.4 is 10.6 Å². The first-order valence-electron chi connectivity index (χ1n) is 17.1. The minimum atomic E-state index is -4.65. The van der Waals surface area contributed by atoms with Gasteiger partial charge in [0, 0.05) is 70.4 Å². The van der Waals surface area contributed by atoms with Crippen LogP contribution in [0.4, 0.5) is 28.7 Å². The number of anilines is 2. The van der Waals surface area contributed by atoms with Crippen LogP contribution in [-0.4, -0.2) is 121 Å². The molecule has 3 saturated heterocycles. The number of rotatable bonds is 8. The van der Waals surface area contributed by atoms with E-state index in [1.54, 1.807) is 9.80 Å². The highest BCUT2D eigenvalue weighted by Gasteiger charge is 2.38. The zero-order valence-electron chi connectivity index (χ0n) is 28.0. The van der Waals surface area contributed by atoms with E-state index in [-0.39, 0.29) is 53.0 Å². The number of nitrogens with one attached hydrogen (secondary N) is 2. The number of fused-ring (bicyclic) bond motifs is 1. The van der Waals surface area contributed by atoms with Gasteiger partial charge in [0.05, 0.1) is 28.7 Å². The Morgan fingerprint density at radius 1 is 1.00 bits per heavy atom. The first kappa shape index (κ1) is 35.7. The molecule has 268 valence electrons. The molecular formula is C34H45ClF3N7O3S. The normalized spacial score (nSPS) is 21.0. The van der Waals surface area contributed by atoms with Crippen LogP contribution >= 0.6 is 22.9 Å². The van der Waals surface area contributed by atoms with Crippen LogP contribution in [0.5, 0.6) is 0 Å². The SMILES string of the molecule is CNc1c(Cl)cc(C[C@@H](CC(=O)N2CCC(N3Cc4ccsc4NC3=O)CC2)C(=O)N2CCN(C3CCN(C)CC3)CC2)cc1C(F)(F)F. The molecule has 15 heteroatoms. The second kappa shape index (κ2) is 15.0. The van der Waals surface area contributed by atoms with Crippen LogP contribution in [0.15, 0.2) is 23.6 Å². The van der Waals surface area contributed by atoms with Crippen molar-refractivity contribution in [2.75, 3.05) is 77.1 Å². The van der Waals surface area contributed by atoms with Crippen molar-refractivity contribution >= 4 is 51.5 Å². The summed E-state index contributed by atoms with van der Waals surface area (Å²) in [6, 6.07) is 4.82. The van der Waals surface area contributed by atoms with Crippen LogP contribution in [0, 0.1) is 5.92 Å². The first-order valence-corrected chi connectivity index (χ1v) is 18.4. The summed E-state index contributed by atoms with van der Waals surface area (Å²) in [6.45, 7) is 5.96. The van der Waals surface area contributed by atoms with Crippen molar-refractivity contribution in [1.29, 1.82) is 0 Å². The van der Waals surface area contributed by atoms with E-state index in [4.69, 9.17) is 11.6 Å². The quantitative estimate of drug-likeness (QED) is 0.385. The fourth-order valence-corrected chi connectivity index (χ4v) is 8.91. The molecule has 10 nitrogen and oxygen atoms in total. The Labute approximate surface area is 294 Å². The number of carbonyl (C=O) groups excluding carboxylic acids is 3. The molecule has 0 saturated carbocycles. The van der Waals surface area contributed by atoms with Crippen molar-refractivity contribution in [2.24, 2.45) is 5.92 Å². The molecule has 0 radical (unpaired) electrons. The molecule has 0 unspecified atom stereocenters. The summed E-state index contributed by atoms with van der Waals surface area (Å²) in [6.07, 6.45) is -1.44. The molecule has 2 aromatic rings. The van der Waals surface area contributed by atoms with Gasteiger partial charge in [-0.1, -0.05) is 11.6 Å². The van der Waals surface area contributed by atoms with Gasteiger partial charge in [-0.2, -0.15) is 13.2 Å². The number of piperazine rings is 1. The third kappa shape index (κ3) is 8.13. The van der Waals surface area contributed by atoms with Crippen molar-refractivity contribution in [3.63, 3.8) is 0 Å². The van der Waals surface area contributed by atoms with Crippen LogP contribution in [0.1, 0.15) is 48.8 Å². The minimum absolute atomic E-state index is 0.0241. The fourth-order valence-electron chi connectivity index (χ4n) is 7.77. The van der Waals surface area contributed by atoms with Crippen molar-refractivity contribution in [2.45, 2.75) is 63.3 Å². The summed E-state index contributed by atoms with van der Waals surface area (Å²) >= 11 is 7.81. The molecule has 6 rings (SSSR count). The van der Waals surface area contributed by atoms with Crippen molar-refractivity contribution in [3.05, 3.63) is 45.3 Å². The van der Waals surface area contributed by atoms with Crippen LogP contribution in [-0.2, 0) is 28.7 Å². The van der Waals surface area contributed by atoms with Gasteiger partial charge in [0.2, 0.25) is 11.8 Å². The lowest BCUT2D eigenvalue weighted by molar-refractivity contribution is -0.143. The highest BCUT2D eigenvalue weighted by Crippen LogP contribution is 2.40. The summed E-state index contributed by atoms with van der Waals surface area (Å²) in [5.74, 6) is -1.27. The number of piperidine rings is 2. The van der Waals surface area contributed by atoms with E-state index in [0.29, 0.717) is 51.6 Å². The van der Waals surface area contributed by atoms with Gasteiger partial charge in [-0.25, -0.2) is 4.79 Å². The molecule has 1 aromatic carbocycles. The van der Waals surface area contributed by atoms with Gasteiger partial charge in [-0.05, 0) is 81.4 Å². The van der Waals surface area contributed by atoms with Crippen molar-refractivity contribution < 1.29 is 27.6 Å². The molecule has 1 atom stereocenters. The predicted molar refractivity (Wildman–Crippen MR) is 185 cm³/mol. The van der Waals surface area contributed by atoms with E-state index in [1.807, 2.05) is 16.3 Å². The smallest absolute Gasteiger partial charge is 0.386 e. The summed E-state index contributed by atoms with van der Waals surface area (Å²) in [5.41, 5.74) is 0.214. The van der Waals surface area contributed by atoms with Gasteiger partial charge in [0.1, 0.15) is 5.00 Å². The number of thiophene rings is 1. The zero-order valence-corrected chi connectivity index (χ0v) is 29.6. The molecule has 2 N–H and O–H groups in total. The van der Waals surface area contributed by atoms with Gasteiger partial charge in [-0.15, -0.1) is 11.3 Å². The molecule has 3 fully saturated rings. The molecule has 4 aliphatic heterocycles. The predicted octanol–water partition coefficient (Wildman–Crippen LogP) is 5.29. The Bertz CT molecular complexity index is 1520. The Hall–Kier alpha value is -3.07. The number of hydrogen-bond acceptors (Lipinski definition) is 7. The van der Waals surface area contributed by atoms with Gasteiger partial charge in [0.25, 0.3) is 0 Å². The summed E-state index contributed by atoms with van der Waals surface area (Å²) in [7, 11) is 3.51. The number of amides is 4. The summed E-state index contributed by atoms with van der Waals surface area (Å²) in [4.78, 5) is 50.8. The van der Waals surface area contributed by atoms with E-state index >= 15 is 0 Å². The van der Waals surface area contributed by atoms with E-state index in [9.17, 15) is 27.6 Å². The van der Waals surface area contributed by atoms with Gasteiger partial charge < -0.3 is 24.9 Å². The molecule has 0 spiro atoms. The monoisotopic (exact) mass is 723 g/mol. The summed E-state index contributed by atoms with van der Waals surface area (Å²) in [5, 5.41) is 8.24. The van der Waals surface area contributed by atoms with Crippen LogP contribution in [0.25, 0.3) is 0 Å². The third-order valence-electron chi connectivity index (χ3n) is 10.6. The van der Waals surface area contributed by atoms with Crippen LogP contribution in [0.2, 0.25) is 5.02 Å². The zero-order chi connectivity index (χ0) is 34.9. The van der Waals surface area contributed by atoms with Gasteiger partial charge >= 0.3 is 12.2 Å².